The van der Waals surface area contributed by atoms with Crippen LogP contribution in [0.3, 0.4) is 0 Å². The lowest BCUT2D eigenvalue weighted by Gasteiger charge is -2.04. The van der Waals surface area contributed by atoms with Crippen LogP contribution in [0.2, 0.25) is 0 Å². The molecule has 1 aromatic carbocycles. The van der Waals surface area contributed by atoms with Gasteiger partial charge in [0.05, 0.1) is 14.2 Å². The van der Waals surface area contributed by atoms with Gasteiger partial charge in [-0.2, -0.15) is 5.10 Å². The molecule has 0 saturated heterocycles. The van der Waals surface area contributed by atoms with Crippen molar-refractivity contribution in [3.05, 3.63) is 18.3 Å². The van der Waals surface area contributed by atoms with E-state index in [1.165, 1.54) is 0 Å². The van der Waals surface area contributed by atoms with Gasteiger partial charge in [0.15, 0.2) is 0 Å². The van der Waals surface area contributed by atoms with E-state index in [2.05, 4.69) is 16.4 Å². The van der Waals surface area contributed by atoms with Crippen molar-refractivity contribution >= 4 is 10.9 Å². The molecule has 4 heteroatoms. The summed E-state index contributed by atoms with van der Waals surface area (Å²) in [4.78, 5) is 0. The Kier molecular flexibility index (Phi) is 1.81. The van der Waals surface area contributed by atoms with E-state index in [1.54, 1.807) is 20.3 Å². The second kappa shape index (κ2) is 2.97. The summed E-state index contributed by atoms with van der Waals surface area (Å²) in [6, 6.07) is 3.65. The lowest BCUT2D eigenvalue weighted by Crippen LogP contribution is -1.87. The Morgan fingerprint density at radius 1 is 1.31 bits per heavy atom. The van der Waals surface area contributed by atoms with Crippen molar-refractivity contribution in [3.63, 3.8) is 0 Å². The fraction of sp³-hybridized carbons (Fsp3) is 0.222. The topological polar surface area (TPSA) is 47.1 Å². The van der Waals surface area contributed by atoms with Gasteiger partial charge in [-0.15, -0.1) is 0 Å². The molecule has 0 spiro atoms. The first-order valence-corrected chi connectivity index (χ1v) is 3.83. The molecule has 0 aliphatic rings. The first kappa shape index (κ1) is 7.91. The number of ether oxygens (including phenoxy) is 2. The van der Waals surface area contributed by atoms with Gasteiger partial charge >= 0.3 is 0 Å². The number of aromatic amines is 1. The smallest absolute Gasteiger partial charge is 0.148 e. The molecule has 0 aliphatic heterocycles. The lowest BCUT2D eigenvalue weighted by atomic mass is 10.2. The van der Waals surface area contributed by atoms with Crippen LogP contribution in [-0.4, -0.2) is 24.4 Å². The van der Waals surface area contributed by atoms with E-state index in [0.29, 0.717) is 5.75 Å². The summed E-state index contributed by atoms with van der Waals surface area (Å²) in [5.41, 5.74) is 0.836. The van der Waals surface area contributed by atoms with E-state index in [-0.39, 0.29) is 0 Å². The Balaban J connectivity index is 2.70. The van der Waals surface area contributed by atoms with Gasteiger partial charge in [-0.3, -0.25) is 5.10 Å². The Hall–Kier alpha value is -1.71. The molecule has 0 aliphatic carbocycles. The zero-order valence-electron chi connectivity index (χ0n) is 7.42. The largest absolute Gasteiger partial charge is 0.497 e. The van der Waals surface area contributed by atoms with Crippen LogP contribution in [0.15, 0.2) is 12.1 Å². The SMILES string of the molecule is COc1cc(OC)c2[nH]n[c]c2c1. The fourth-order valence-electron chi connectivity index (χ4n) is 1.22. The second-order valence-electron chi connectivity index (χ2n) is 2.59. The van der Waals surface area contributed by atoms with Gasteiger partial charge in [-0.25, -0.2) is 0 Å². The Labute approximate surface area is 75.5 Å². The quantitative estimate of drug-likeness (QED) is 0.753. The van der Waals surface area contributed by atoms with E-state index in [9.17, 15) is 0 Å². The molecule has 0 unspecified atom stereocenters. The van der Waals surface area contributed by atoms with Gasteiger partial charge in [-0.05, 0) is 6.07 Å². The molecule has 0 atom stereocenters. The molecule has 13 heavy (non-hydrogen) atoms. The summed E-state index contributed by atoms with van der Waals surface area (Å²) in [5, 5.41) is 7.46. The van der Waals surface area contributed by atoms with Crippen LogP contribution < -0.4 is 9.47 Å². The fourth-order valence-corrected chi connectivity index (χ4v) is 1.22. The third-order valence-electron chi connectivity index (χ3n) is 1.88. The van der Waals surface area contributed by atoms with Crippen LogP contribution in [0.25, 0.3) is 10.9 Å². The maximum atomic E-state index is 5.16. The normalized spacial score (nSPS) is 10.3. The summed E-state index contributed by atoms with van der Waals surface area (Å²) < 4.78 is 10.2. The third-order valence-corrected chi connectivity index (χ3v) is 1.88. The van der Waals surface area contributed by atoms with E-state index in [0.717, 1.165) is 16.7 Å². The predicted octanol–water partition coefficient (Wildman–Crippen LogP) is 1.38. The highest BCUT2D eigenvalue weighted by Crippen LogP contribution is 2.28. The first-order chi connectivity index (χ1) is 6.35. The zero-order chi connectivity index (χ0) is 9.26. The number of hydrogen-bond acceptors (Lipinski definition) is 3. The summed E-state index contributed by atoms with van der Waals surface area (Å²) >= 11 is 0. The molecule has 0 amide bonds. The van der Waals surface area contributed by atoms with E-state index < -0.39 is 0 Å². The standard InChI is InChI=1S/C9H9N2O2/c1-12-7-3-6-5-10-11-9(6)8(4-7)13-2/h3-4H,1-2H3,(H,10,11). The van der Waals surface area contributed by atoms with Crippen LogP contribution in [0.4, 0.5) is 0 Å². The van der Waals surface area contributed by atoms with Crippen molar-refractivity contribution in [2.45, 2.75) is 0 Å². The average Bonchev–Trinajstić information content (AvgIpc) is 2.63. The third kappa shape index (κ3) is 1.20. The van der Waals surface area contributed by atoms with Gasteiger partial charge in [-0.1, -0.05) is 0 Å². The molecule has 0 bridgehead atoms. The summed E-state index contributed by atoms with van der Waals surface area (Å²) in [7, 11) is 3.22. The summed E-state index contributed by atoms with van der Waals surface area (Å²) in [6.07, 6.45) is 2.80. The van der Waals surface area contributed by atoms with Gasteiger partial charge in [0.1, 0.15) is 23.2 Å². The van der Waals surface area contributed by atoms with E-state index >= 15 is 0 Å². The Morgan fingerprint density at radius 3 is 2.85 bits per heavy atom. The highest BCUT2D eigenvalue weighted by atomic mass is 16.5. The van der Waals surface area contributed by atoms with Gasteiger partial charge in [0.2, 0.25) is 0 Å². The summed E-state index contributed by atoms with van der Waals surface area (Å²) in [5.74, 6) is 1.45. The van der Waals surface area contributed by atoms with E-state index in [4.69, 9.17) is 9.47 Å². The minimum atomic E-state index is 0.711. The number of rotatable bonds is 2. The minimum absolute atomic E-state index is 0.711. The van der Waals surface area contributed by atoms with Crippen LogP contribution in [0, 0.1) is 6.20 Å². The minimum Gasteiger partial charge on any atom is -0.497 e. The number of aromatic nitrogens is 2. The number of benzene rings is 1. The summed E-state index contributed by atoms with van der Waals surface area (Å²) in [6.45, 7) is 0. The highest BCUT2D eigenvalue weighted by Gasteiger charge is 2.06. The molecule has 1 radical (unpaired) electrons. The van der Waals surface area contributed by atoms with Crippen molar-refractivity contribution in [1.29, 1.82) is 0 Å². The van der Waals surface area contributed by atoms with Gasteiger partial charge in [0.25, 0.3) is 0 Å². The van der Waals surface area contributed by atoms with Crippen molar-refractivity contribution in [1.82, 2.24) is 10.2 Å². The van der Waals surface area contributed by atoms with Crippen LogP contribution >= 0.6 is 0 Å². The number of nitrogens with one attached hydrogen (secondary N) is 1. The number of nitrogens with zero attached hydrogens (tertiary/aromatic N) is 1. The molecule has 0 fully saturated rings. The predicted molar refractivity (Wildman–Crippen MR) is 48.0 cm³/mol. The lowest BCUT2D eigenvalue weighted by molar-refractivity contribution is 0.397. The molecule has 0 saturated carbocycles. The molecule has 67 valence electrons. The van der Waals surface area contributed by atoms with Gasteiger partial charge < -0.3 is 9.47 Å². The highest BCUT2D eigenvalue weighted by molar-refractivity contribution is 5.85. The van der Waals surface area contributed by atoms with Gasteiger partial charge in [0, 0.05) is 11.5 Å². The molecule has 1 aromatic heterocycles. The molecule has 1 heterocycles. The van der Waals surface area contributed by atoms with Crippen molar-refractivity contribution in [2.75, 3.05) is 14.2 Å². The molecule has 2 rings (SSSR count). The molecule has 4 nitrogen and oxygen atoms in total. The number of hydrogen-bond donors (Lipinski definition) is 1. The Morgan fingerprint density at radius 2 is 2.15 bits per heavy atom. The maximum Gasteiger partial charge on any atom is 0.148 e. The van der Waals surface area contributed by atoms with Crippen molar-refractivity contribution < 1.29 is 9.47 Å². The monoisotopic (exact) mass is 177 g/mol. The first-order valence-electron chi connectivity index (χ1n) is 3.83. The van der Waals surface area contributed by atoms with Crippen LogP contribution in [-0.2, 0) is 0 Å². The van der Waals surface area contributed by atoms with E-state index in [1.807, 2.05) is 6.07 Å². The molecule has 2 aromatic rings. The number of H-pyrrole nitrogens is 1. The maximum absolute atomic E-state index is 5.16. The number of fused-ring (bicyclic) bond motifs is 1. The molecule has 1 N–H and O–H groups in total. The Bertz CT molecular complexity index is 422. The van der Waals surface area contributed by atoms with Crippen molar-refractivity contribution in [3.8, 4) is 11.5 Å². The zero-order valence-corrected chi connectivity index (χ0v) is 7.42. The average molecular weight is 177 g/mol. The molecular weight excluding hydrogens is 168 g/mol. The second-order valence-corrected chi connectivity index (χ2v) is 2.59. The van der Waals surface area contributed by atoms with Crippen LogP contribution in [0.1, 0.15) is 0 Å². The van der Waals surface area contributed by atoms with Crippen LogP contribution in [0.5, 0.6) is 11.5 Å². The number of methoxy groups -OCH3 is 2. The molecular formula is C9H9N2O2. The van der Waals surface area contributed by atoms with Crippen molar-refractivity contribution in [2.24, 2.45) is 0 Å².